The van der Waals surface area contributed by atoms with Gasteiger partial charge in [-0.3, -0.25) is 19.1 Å². The fourth-order valence-corrected chi connectivity index (χ4v) is 6.66. The minimum atomic E-state index is -0.533. The Morgan fingerprint density at radius 2 is 1.79 bits per heavy atom. The van der Waals surface area contributed by atoms with Crippen LogP contribution >= 0.6 is 0 Å². The number of rotatable bonds is 8. The standard InChI is InChI=1S/C37H39FN6O3/c1-23(2)42-13-15-43(16-14-42)28-9-10-34(39-20-28)40-32-19-27(21-41(3)36(32)46)29-5-4-6-33(30(29)22-45)44-12-11-25-17-26(24-7-8-24)18-31(38)35(25)37(44)47/h4-6,9-12,17-21,23-24,45H,7-8,13-16,22H2,1-3H3,(H,39,40). The molecule has 9 nitrogen and oxygen atoms in total. The van der Waals surface area contributed by atoms with Gasteiger partial charge in [-0.1, -0.05) is 18.2 Å². The lowest BCUT2D eigenvalue weighted by atomic mass is 9.98. The van der Waals surface area contributed by atoms with E-state index in [-0.39, 0.29) is 17.6 Å². The van der Waals surface area contributed by atoms with Gasteiger partial charge in [-0.05, 0) is 85.5 Å². The molecule has 0 bridgehead atoms. The highest BCUT2D eigenvalue weighted by molar-refractivity contribution is 5.84. The molecule has 10 heteroatoms. The maximum Gasteiger partial charge on any atom is 0.274 e. The van der Waals surface area contributed by atoms with Gasteiger partial charge in [0.25, 0.3) is 11.1 Å². The average Bonchev–Trinajstić information content (AvgIpc) is 3.93. The smallest absolute Gasteiger partial charge is 0.274 e. The number of aliphatic hydroxyl groups is 1. The van der Waals surface area contributed by atoms with Crippen molar-refractivity contribution in [2.24, 2.45) is 7.05 Å². The molecule has 2 aromatic carbocycles. The van der Waals surface area contributed by atoms with Crippen LogP contribution in [0.1, 0.15) is 43.7 Å². The second-order valence-electron chi connectivity index (χ2n) is 12.9. The molecule has 1 aliphatic carbocycles. The first-order valence-corrected chi connectivity index (χ1v) is 16.2. The van der Waals surface area contributed by atoms with E-state index in [1.165, 1.54) is 15.2 Å². The molecular weight excluding hydrogens is 595 g/mol. The summed E-state index contributed by atoms with van der Waals surface area (Å²) in [6.07, 6.45) is 7.23. The lowest BCUT2D eigenvalue weighted by Crippen LogP contribution is -2.48. The summed E-state index contributed by atoms with van der Waals surface area (Å²) in [4.78, 5) is 36.2. The number of aromatic nitrogens is 3. The highest BCUT2D eigenvalue weighted by atomic mass is 19.1. The van der Waals surface area contributed by atoms with Crippen molar-refractivity contribution >= 4 is 28.0 Å². The minimum Gasteiger partial charge on any atom is -0.392 e. The number of fused-ring (bicyclic) bond motifs is 1. The number of hydrogen-bond acceptors (Lipinski definition) is 7. The number of benzene rings is 2. The molecule has 1 saturated heterocycles. The van der Waals surface area contributed by atoms with Crippen molar-refractivity contribution in [3.63, 3.8) is 0 Å². The van der Waals surface area contributed by atoms with Crippen LogP contribution in [0, 0.1) is 5.82 Å². The van der Waals surface area contributed by atoms with Crippen molar-refractivity contribution in [3.05, 3.63) is 111 Å². The molecule has 5 aromatic rings. The van der Waals surface area contributed by atoms with E-state index in [1.807, 2.05) is 30.5 Å². The third kappa shape index (κ3) is 5.94. The Bertz CT molecular complexity index is 2080. The summed E-state index contributed by atoms with van der Waals surface area (Å²) in [7, 11) is 1.67. The molecule has 4 heterocycles. The monoisotopic (exact) mass is 634 g/mol. The number of halogens is 1. The Morgan fingerprint density at radius 3 is 2.47 bits per heavy atom. The van der Waals surface area contributed by atoms with Gasteiger partial charge in [-0.15, -0.1) is 0 Å². The molecule has 0 amide bonds. The van der Waals surface area contributed by atoms with Gasteiger partial charge in [0.1, 0.15) is 17.3 Å². The third-order valence-electron chi connectivity index (χ3n) is 9.51. The van der Waals surface area contributed by atoms with E-state index in [0.717, 1.165) is 50.3 Å². The molecule has 1 saturated carbocycles. The van der Waals surface area contributed by atoms with E-state index in [9.17, 15) is 14.7 Å². The number of nitrogens with zero attached hydrogens (tertiary/aromatic N) is 5. The van der Waals surface area contributed by atoms with Crippen molar-refractivity contribution in [3.8, 4) is 16.8 Å². The quantitative estimate of drug-likeness (QED) is 0.232. The molecule has 1 aliphatic heterocycles. The van der Waals surface area contributed by atoms with E-state index >= 15 is 4.39 Å². The summed E-state index contributed by atoms with van der Waals surface area (Å²) in [5, 5.41) is 14.4. The van der Waals surface area contributed by atoms with Crippen molar-refractivity contribution in [1.82, 2.24) is 19.0 Å². The van der Waals surface area contributed by atoms with Gasteiger partial charge in [-0.2, -0.15) is 0 Å². The molecule has 3 aromatic heterocycles. The third-order valence-corrected chi connectivity index (χ3v) is 9.51. The maximum atomic E-state index is 15.3. The fourth-order valence-electron chi connectivity index (χ4n) is 6.66. The Kier molecular flexibility index (Phi) is 8.15. The minimum absolute atomic E-state index is 0.0242. The van der Waals surface area contributed by atoms with Crippen molar-refractivity contribution in [2.75, 3.05) is 36.4 Å². The van der Waals surface area contributed by atoms with Crippen LogP contribution in [0.25, 0.3) is 27.6 Å². The van der Waals surface area contributed by atoms with Crippen LogP contribution in [0.4, 0.5) is 21.6 Å². The number of piperazine rings is 1. The van der Waals surface area contributed by atoms with Crippen LogP contribution < -0.4 is 21.3 Å². The molecular formula is C37H39FN6O3. The summed E-state index contributed by atoms with van der Waals surface area (Å²) in [5.74, 6) is 0.366. The molecule has 242 valence electrons. The molecule has 2 fully saturated rings. The Balaban J connectivity index is 1.20. The molecule has 7 rings (SSSR count). The van der Waals surface area contributed by atoms with Gasteiger partial charge in [0.15, 0.2) is 0 Å². The lowest BCUT2D eigenvalue weighted by molar-refractivity contribution is 0.209. The zero-order valence-electron chi connectivity index (χ0n) is 26.9. The normalized spacial score (nSPS) is 15.5. The highest BCUT2D eigenvalue weighted by Gasteiger charge is 2.25. The average molecular weight is 635 g/mol. The van der Waals surface area contributed by atoms with Gasteiger partial charge in [0.2, 0.25) is 0 Å². The summed E-state index contributed by atoms with van der Waals surface area (Å²) < 4.78 is 18.1. The van der Waals surface area contributed by atoms with Gasteiger partial charge in [0.05, 0.1) is 29.6 Å². The van der Waals surface area contributed by atoms with Crippen molar-refractivity contribution in [2.45, 2.75) is 45.3 Å². The van der Waals surface area contributed by atoms with Gasteiger partial charge in [0, 0.05) is 62.8 Å². The Hall–Kier alpha value is -4.80. The van der Waals surface area contributed by atoms with Crippen molar-refractivity contribution < 1.29 is 9.50 Å². The van der Waals surface area contributed by atoms with E-state index < -0.39 is 11.4 Å². The SMILES string of the molecule is CC(C)N1CCN(c2ccc(Nc3cc(-c4cccc(-n5ccc6cc(C7CC7)cc(F)c6c5=O)c4CO)cn(C)c3=O)nc2)CC1. The lowest BCUT2D eigenvalue weighted by Gasteiger charge is -2.38. The summed E-state index contributed by atoms with van der Waals surface area (Å²) >= 11 is 0. The predicted molar refractivity (Wildman–Crippen MR) is 185 cm³/mol. The van der Waals surface area contributed by atoms with E-state index in [1.54, 1.807) is 43.7 Å². The van der Waals surface area contributed by atoms with Crippen LogP contribution in [0.3, 0.4) is 0 Å². The predicted octanol–water partition coefficient (Wildman–Crippen LogP) is 5.53. The number of hydrogen-bond donors (Lipinski definition) is 2. The van der Waals surface area contributed by atoms with E-state index in [2.05, 4.69) is 33.9 Å². The van der Waals surface area contributed by atoms with Crippen LogP contribution in [0.5, 0.6) is 0 Å². The zero-order chi connectivity index (χ0) is 32.8. The first-order chi connectivity index (χ1) is 22.7. The number of nitrogens with one attached hydrogen (secondary N) is 1. The topological polar surface area (TPSA) is 95.6 Å². The van der Waals surface area contributed by atoms with Gasteiger partial charge < -0.3 is 19.9 Å². The van der Waals surface area contributed by atoms with Crippen LogP contribution in [-0.2, 0) is 13.7 Å². The van der Waals surface area contributed by atoms with Crippen LogP contribution in [0.15, 0.2) is 82.8 Å². The van der Waals surface area contributed by atoms with Gasteiger partial charge in [-0.25, -0.2) is 9.37 Å². The molecule has 2 N–H and O–H groups in total. The van der Waals surface area contributed by atoms with E-state index in [0.29, 0.717) is 51.2 Å². The number of aryl methyl sites for hydroxylation is 1. The number of aliphatic hydroxyl groups excluding tert-OH is 1. The maximum absolute atomic E-state index is 15.3. The summed E-state index contributed by atoms with van der Waals surface area (Å²) in [6.45, 7) is 7.94. The molecule has 0 spiro atoms. The Labute approximate surface area is 272 Å². The molecule has 0 radical (unpaired) electrons. The fraction of sp³-hybridized carbons (Fsp3) is 0.324. The van der Waals surface area contributed by atoms with Crippen LogP contribution in [-0.4, -0.2) is 56.3 Å². The zero-order valence-corrected chi connectivity index (χ0v) is 26.9. The second kappa shape index (κ2) is 12.4. The first kappa shape index (κ1) is 30.8. The Morgan fingerprint density at radius 1 is 1.00 bits per heavy atom. The van der Waals surface area contributed by atoms with Gasteiger partial charge >= 0.3 is 0 Å². The second-order valence-corrected chi connectivity index (χ2v) is 12.9. The number of anilines is 3. The van der Waals surface area contributed by atoms with Crippen molar-refractivity contribution in [1.29, 1.82) is 0 Å². The number of pyridine rings is 3. The van der Waals surface area contributed by atoms with Crippen LogP contribution in [0.2, 0.25) is 0 Å². The molecule has 47 heavy (non-hydrogen) atoms. The van der Waals surface area contributed by atoms with E-state index in [4.69, 9.17) is 0 Å². The molecule has 2 aliphatic rings. The molecule has 0 unspecified atom stereocenters. The summed E-state index contributed by atoms with van der Waals surface area (Å²) in [5.41, 5.74) is 3.78. The molecule has 0 atom stereocenters. The summed E-state index contributed by atoms with van der Waals surface area (Å²) in [6, 6.07) is 16.6. The first-order valence-electron chi connectivity index (χ1n) is 16.2. The largest absolute Gasteiger partial charge is 0.392 e. The highest BCUT2D eigenvalue weighted by Crippen LogP contribution is 2.41.